The summed E-state index contributed by atoms with van der Waals surface area (Å²) >= 11 is 0. The minimum absolute atomic E-state index is 0.0110. The third-order valence-corrected chi connectivity index (χ3v) is 18.0. The number of carboxylic acids is 1. The summed E-state index contributed by atoms with van der Waals surface area (Å²) in [6, 6.07) is 4.76. The number of fused-ring (bicyclic) bond motifs is 4. The zero-order valence-electron chi connectivity index (χ0n) is 51.8. The van der Waals surface area contributed by atoms with Crippen molar-refractivity contribution in [1.29, 1.82) is 0 Å². The number of imidazole rings is 3. The van der Waals surface area contributed by atoms with Crippen LogP contribution in [0.5, 0.6) is 0 Å². The molecular formula is C55H65N23O19P2. The molecule has 0 aliphatic carbocycles. The molecule has 3 fully saturated rings. The fourth-order valence-corrected chi connectivity index (χ4v) is 13.1. The van der Waals surface area contributed by atoms with E-state index in [4.69, 9.17) is 60.0 Å². The molecule has 2 amide bonds. The number of benzene rings is 1. The number of nitrogen functional groups attached to an aromatic ring is 4. The molecule has 1 aromatic carbocycles. The molecule has 0 bridgehead atoms. The molecule has 0 saturated carbocycles. The van der Waals surface area contributed by atoms with Gasteiger partial charge in [-0.3, -0.25) is 56.0 Å². The van der Waals surface area contributed by atoms with Crippen molar-refractivity contribution >= 4 is 113 Å². The van der Waals surface area contributed by atoms with Crippen LogP contribution in [-0.2, 0) is 67.1 Å². The number of nitrogens with zero attached hydrogens (tertiary/aromatic N) is 15. The summed E-state index contributed by atoms with van der Waals surface area (Å²) in [6.45, 7) is -1.13. The molecule has 12 atom stereocenters. The summed E-state index contributed by atoms with van der Waals surface area (Å²) in [7, 11) is -10.1. The van der Waals surface area contributed by atoms with Crippen molar-refractivity contribution in [3.8, 4) is 0 Å². The molecule has 9 aromatic rings. The number of nitrogens with one attached hydrogen (secondary N) is 4. The average Bonchev–Trinajstić information content (AvgIpc) is 1.66. The Hall–Kier alpha value is -9.97. The molecular weight excluding hydrogens is 1350 g/mol. The molecule has 0 spiro atoms. The molecule has 12 rings (SSSR count). The molecule has 42 nitrogen and oxygen atoms in total. The van der Waals surface area contributed by atoms with Crippen LogP contribution in [0.25, 0.3) is 44.7 Å². The number of aliphatic hydroxyl groups is 1. The number of ether oxygens (including phenoxy) is 4. The van der Waals surface area contributed by atoms with Gasteiger partial charge in [-0.1, -0.05) is 6.42 Å². The highest BCUT2D eigenvalue weighted by Gasteiger charge is 2.47. The number of hydrogen-bond acceptors (Lipinski definition) is 33. The van der Waals surface area contributed by atoms with Crippen molar-refractivity contribution in [3.05, 3.63) is 90.0 Å². The van der Waals surface area contributed by atoms with Crippen LogP contribution in [0.2, 0.25) is 0 Å². The number of aromatic amines is 1. The second kappa shape index (κ2) is 29.6. The van der Waals surface area contributed by atoms with Gasteiger partial charge in [0, 0.05) is 49.9 Å². The van der Waals surface area contributed by atoms with Crippen molar-refractivity contribution in [2.45, 2.75) is 126 Å². The SMILES string of the molecule is Nc1nc2ncc(CNc3ccc(C(=O)N[C@@H](CCC(=O)NCCCCCC(=O)OC[C@@H]4C[C@@H](OP(=O)(O)OC[C@@H]5C[C@@H](OP(=O)(O)OC[C@@H]6C[C@@H](O)[C@H](n7cnc8c(N)ncnc87)O6)[C@H](n6cnc7c(N)ncnc76)O5)[C@H](n5cnc6c(N)ncnc65)O4)C(=O)O)cc3)nc2c(=O)[nH]1. The van der Waals surface area contributed by atoms with E-state index in [2.05, 4.69) is 80.7 Å². The van der Waals surface area contributed by atoms with Crippen LogP contribution in [0, 0.1) is 0 Å². The van der Waals surface area contributed by atoms with E-state index in [1.165, 1.54) is 63.7 Å². The lowest BCUT2D eigenvalue weighted by molar-refractivity contribution is -0.148. The number of aliphatic carboxylic acids is 1. The molecule has 3 aliphatic heterocycles. The van der Waals surface area contributed by atoms with E-state index in [1.54, 1.807) is 12.1 Å². The smallest absolute Gasteiger partial charge is 0.472 e. The van der Waals surface area contributed by atoms with Gasteiger partial charge in [0.05, 0.1) is 68.9 Å². The van der Waals surface area contributed by atoms with Gasteiger partial charge < -0.3 is 77.8 Å². The van der Waals surface area contributed by atoms with Gasteiger partial charge in [-0.15, -0.1) is 0 Å². The van der Waals surface area contributed by atoms with Gasteiger partial charge >= 0.3 is 27.6 Å². The van der Waals surface area contributed by atoms with Crippen molar-refractivity contribution < 1.29 is 85.4 Å². The Balaban J connectivity index is 0.592. The molecule has 11 heterocycles. The molecule has 99 heavy (non-hydrogen) atoms. The number of phosphoric acid groups is 2. The molecule has 3 aliphatic rings. The first-order chi connectivity index (χ1) is 47.5. The van der Waals surface area contributed by atoms with Gasteiger partial charge in [0.15, 0.2) is 64.2 Å². The summed E-state index contributed by atoms with van der Waals surface area (Å²) in [6.07, 6.45) is -0.907. The molecule has 16 N–H and O–H groups in total. The number of nitrogens with two attached hydrogens (primary N) is 4. The van der Waals surface area contributed by atoms with Crippen molar-refractivity contribution in [1.82, 2.24) is 89.1 Å². The summed E-state index contributed by atoms with van der Waals surface area (Å²) < 4.78 is 78.5. The number of carboxylic acid groups (broad SMARTS) is 1. The maximum Gasteiger partial charge on any atom is 0.472 e. The number of rotatable bonds is 30. The normalized spacial score (nSPS) is 22.4. The first-order valence-electron chi connectivity index (χ1n) is 30.6. The second-order valence-corrected chi connectivity index (χ2v) is 25.8. The number of hydrogen-bond donors (Lipinski definition) is 12. The fourth-order valence-electron chi connectivity index (χ4n) is 11.2. The summed E-state index contributed by atoms with van der Waals surface area (Å²) in [5.41, 5.74) is 25.6. The third-order valence-electron chi connectivity index (χ3n) is 16.0. The minimum Gasteiger partial charge on any atom is -0.480 e. The zero-order valence-corrected chi connectivity index (χ0v) is 53.6. The van der Waals surface area contributed by atoms with Gasteiger partial charge in [0.2, 0.25) is 11.9 Å². The van der Waals surface area contributed by atoms with Gasteiger partial charge in [-0.05, 0) is 43.5 Å². The van der Waals surface area contributed by atoms with E-state index in [-0.39, 0.29) is 132 Å². The summed E-state index contributed by atoms with van der Waals surface area (Å²) in [5.74, 6) is -3.00. The number of aliphatic hydroxyl groups excluding tert-OH is 1. The van der Waals surface area contributed by atoms with Crippen LogP contribution in [0.1, 0.15) is 92.5 Å². The summed E-state index contributed by atoms with van der Waals surface area (Å²) in [4.78, 5) is 138. The molecule has 524 valence electrons. The second-order valence-electron chi connectivity index (χ2n) is 22.9. The number of unbranched alkanes of at least 4 members (excludes halogenated alkanes) is 2. The highest BCUT2D eigenvalue weighted by molar-refractivity contribution is 7.47. The zero-order chi connectivity index (χ0) is 69.7. The van der Waals surface area contributed by atoms with E-state index < -0.39 is 120 Å². The Morgan fingerprint density at radius 2 is 1.19 bits per heavy atom. The van der Waals surface area contributed by atoms with E-state index in [9.17, 15) is 53.1 Å². The number of carbonyl (C=O) groups excluding carboxylic acids is 3. The van der Waals surface area contributed by atoms with Crippen molar-refractivity contribution in [2.24, 2.45) is 0 Å². The lowest BCUT2D eigenvalue weighted by atomic mass is 10.1. The number of esters is 1. The Morgan fingerprint density at radius 3 is 1.76 bits per heavy atom. The van der Waals surface area contributed by atoms with E-state index in [0.29, 0.717) is 30.6 Å². The molecule has 44 heteroatoms. The predicted octanol–water partition coefficient (Wildman–Crippen LogP) is 0.585. The van der Waals surface area contributed by atoms with Crippen LogP contribution in [0.15, 0.2) is 73.2 Å². The van der Waals surface area contributed by atoms with Crippen LogP contribution < -0.4 is 44.4 Å². The third kappa shape index (κ3) is 16.3. The molecule has 0 radical (unpaired) electrons. The maximum atomic E-state index is 14.0. The lowest BCUT2D eigenvalue weighted by Gasteiger charge is -2.23. The van der Waals surface area contributed by atoms with E-state index in [1.807, 2.05) is 0 Å². The number of aromatic nitrogens is 16. The van der Waals surface area contributed by atoms with Crippen LogP contribution in [0.3, 0.4) is 0 Å². The highest BCUT2D eigenvalue weighted by atomic mass is 31.2. The van der Waals surface area contributed by atoms with E-state index in [0.717, 1.165) is 6.33 Å². The van der Waals surface area contributed by atoms with Gasteiger partial charge in [0.1, 0.15) is 66.5 Å². The number of phosphoric ester groups is 2. The number of anilines is 5. The van der Waals surface area contributed by atoms with Gasteiger partial charge in [0.25, 0.3) is 11.5 Å². The fraction of sp³-hybridized carbons (Fsp3) is 0.436. The Kier molecular flexibility index (Phi) is 20.6. The lowest BCUT2D eigenvalue weighted by Crippen LogP contribution is -2.41. The minimum atomic E-state index is -5.11. The molecule has 3 saturated heterocycles. The number of H-pyrrole nitrogens is 1. The summed E-state index contributed by atoms with van der Waals surface area (Å²) in [5, 5.41) is 29.0. The van der Waals surface area contributed by atoms with Crippen molar-refractivity contribution in [2.75, 3.05) is 54.6 Å². The van der Waals surface area contributed by atoms with Crippen molar-refractivity contribution in [3.63, 3.8) is 0 Å². The quantitative estimate of drug-likeness (QED) is 0.0166. The van der Waals surface area contributed by atoms with Crippen LogP contribution >= 0.6 is 15.6 Å². The van der Waals surface area contributed by atoms with Gasteiger partial charge in [-0.2, -0.15) is 4.98 Å². The standard InChI is InChI=1S/C55H65N23O19P2/c56-42-38-46(66-20-63-42)76(23-69-38)51-33(79)12-29(93-51)18-91-98(86,87)97-35-14-31(95-53(35)78-25-71-40-44(58)65-22-68-48(40)78)19-92-99(88,89)96-34-13-30(94-52(34)77-24-70-39-43(57)64-21-67-47(39)77)17-90-37(81)4-2-1-3-11-60-36(80)10-9-32(54(84)85)73-49(82)26-5-7-27(8-6-26)61-15-28-16-62-45-41(72-28)50(83)75-55(59)74-45/h5-8,16,20-25,29-35,51-53,61,79H,1-4,9-15,17-19H2,(H,60,80)(H,73,82)(H,84,85)(H,86,87)(H,88,89)(H2,56,63,66)(H2,57,64,67)(H2,58,65,68)(H3,59,62,74,75,83)/t29-,30-,31-,32-,33+,34+,35+,51+,52+,53+/m0/s1. The maximum absolute atomic E-state index is 14.0. The monoisotopic (exact) mass is 1410 g/mol. The van der Waals surface area contributed by atoms with E-state index >= 15 is 0 Å². The first kappa shape index (κ1) is 69.0. The largest absolute Gasteiger partial charge is 0.480 e. The Labute approximate surface area is 556 Å². The van der Waals surface area contributed by atoms with Crippen LogP contribution in [-0.4, -0.2) is 191 Å². The molecule has 8 aromatic heterocycles. The Bertz CT molecular complexity index is 4620. The molecule has 2 unspecified atom stereocenters. The predicted molar refractivity (Wildman–Crippen MR) is 339 cm³/mol. The van der Waals surface area contributed by atoms with Gasteiger partial charge in [-0.25, -0.2) is 68.7 Å². The number of carbonyl (C=O) groups is 4. The topological polar surface area (TPSA) is 600 Å². The average molecular weight is 1410 g/mol. The number of amides is 2. The van der Waals surface area contributed by atoms with Crippen LogP contribution in [0.4, 0.5) is 29.1 Å². The Morgan fingerprint density at radius 1 is 0.657 bits per heavy atom. The highest BCUT2D eigenvalue weighted by Crippen LogP contribution is 2.53. The first-order valence-corrected chi connectivity index (χ1v) is 33.6.